The van der Waals surface area contributed by atoms with Gasteiger partial charge in [0.1, 0.15) is 0 Å². The topological polar surface area (TPSA) is 111 Å². The Hall–Kier alpha value is -4.90. The molecule has 0 radical (unpaired) electrons. The molecule has 250 valence electrons. The number of benzene rings is 3. The van der Waals surface area contributed by atoms with Crippen molar-refractivity contribution in [1.29, 1.82) is 0 Å². The van der Waals surface area contributed by atoms with Gasteiger partial charge in [-0.25, -0.2) is 0 Å². The van der Waals surface area contributed by atoms with E-state index in [0.717, 1.165) is 29.3 Å². The number of nitrogens with zero attached hydrogens (tertiary/aromatic N) is 2. The number of anilines is 2. The lowest BCUT2D eigenvalue weighted by Crippen LogP contribution is -2.47. The molecule has 0 unspecified atom stereocenters. The Balaban J connectivity index is 1.24. The van der Waals surface area contributed by atoms with Gasteiger partial charge in [-0.15, -0.1) is 0 Å². The van der Waals surface area contributed by atoms with E-state index in [4.69, 9.17) is 14.2 Å². The molecule has 3 aromatic carbocycles. The van der Waals surface area contributed by atoms with Crippen LogP contribution in [0.5, 0.6) is 17.2 Å². The first-order chi connectivity index (χ1) is 23.4. The summed E-state index contributed by atoms with van der Waals surface area (Å²) in [6, 6.07) is 24.3. The molecule has 2 amide bonds. The van der Waals surface area contributed by atoms with Crippen molar-refractivity contribution in [2.45, 2.75) is 24.6 Å². The van der Waals surface area contributed by atoms with Crippen LogP contribution in [0.3, 0.4) is 0 Å². The number of rotatable bonds is 12. The smallest absolute Gasteiger partial charge is 0.255 e. The molecule has 48 heavy (non-hydrogen) atoms. The number of hydrogen-bond acceptors (Lipinski definition) is 8. The Bertz CT molecular complexity index is 1820. The summed E-state index contributed by atoms with van der Waals surface area (Å²) in [5.41, 5.74) is 4.40. The number of amides is 2. The van der Waals surface area contributed by atoms with E-state index in [-0.39, 0.29) is 29.2 Å². The number of nitrogens with one attached hydrogen (secondary N) is 2. The highest BCUT2D eigenvalue weighted by Crippen LogP contribution is 2.41. The van der Waals surface area contributed by atoms with E-state index in [2.05, 4.69) is 27.7 Å². The lowest BCUT2D eigenvalue weighted by atomic mass is 9.83. The van der Waals surface area contributed by atoms with Gasteiger partial charge in [0.25, 0.3) is 17.4 Å². The fraction of sp³-hybridized carbons (Fsp3) is 0.324. The molecule has 1 fully saturated rings. The van der Waals surface area contributed by atoms with Crippen LogP contribution in [0.15, 0.2) is 83.7 Å². The van der Waals surface area contributed by atoms with E-state index in [0.29, 0.717) is 60.2 Å². The van der Waals surface area contributed by atoms with E-state index >= 15 is 0 Å². The number of ether oxygens (including phenoxy) is 3. The molecule has 2 N–H and O–H groups in total. The quantitative estimate of drug-likeness (QED) is 0.193. The van der Waals surface area contributed by atoms with Crippen LogP contribution in [0.1, 0.15) is 44.3 Å². The number of piperidine rings is 1. The zero-order valence-electron chi connectivity index (χ0n) is 27.4. The van der Waals surface area contributed by atoms with E-state index in [9.17, 15) is 14.4 Å². The van der Waals surface area contributed by atoms with Gasteiger partial charge in [0, 0.05) is 66.5 Å². The van der Waals surface area contributed by atoms with Gasteiger partial charge in [0.05, 0.1) is 32.7 Å². The maximum atomic E-state index is 13.8. The van der Waals surface area contributed by atoms with Crippen molar-refractivity contribution in [2.75, 3.05) is 56.9 Å². The third-order valence-corrected chi connectivity index (χ3v) is 9.93. The second kappa shape index (κ2) is 14.9. The lowest BCUT2D eigenvalue weighted by molar-refractivity contribution is 0.0954. The summed E-state index contributed by atoms with van der Waals surface area (Å²) in [7, 11) is 4.51. The van der Waals surface area contributed by atoms with E-state index in [1.54, 1.807) is 42.1 Å². The third-order valence-electron chi connectivity index (χ3n) is 8.90. The highest BCUT2D eigenvalue weighted by atomic mass is 32.2. The van der Waals surface area contributed by atoms with Gasteiger partial charge in [0.2, 0.25) is 5.75 Å². The van der Waals surface area contributed by atoms with Crippen molar-refractivity contribution >= 4 is 35.0 Å². The average molecular weight is 669 g/mol. The van der Waals surface area contributed by atoms with Crippen molar-refractivity contribution in [3.8, 4) is 17.2 Å². The molecule has 6 rings (SSSR count). The van der Waals surface area contributed by atoms with Gasteiger partial charge in [0.15, 0.2) is 11.5 Å². The molecule has 3 heterocycles. The molecule has 0 aliphatic carbocycles. The molecule has 1 aromatic heterocycles. The Labute approximate surface area is 284 Å². The second-order valence-electron chi connectivity index (χ2n) is 12.0. The van der Waals surface area contributed by atoms with E-state index in [1.165, 1.54) is 26.9 Å². The highest BCUT2D eigenvalue weighted by Gasteiger charge is 2.35. The number of thioether (sulfide) groups is 1. The monoisotopic (exact) mass is 668 g/mol. The molecule has 2 aliphatic rings. The zero-order valence-corrected chi connectivity index (χ0v) is 28.2. The van der Waals surface area contributed by atoms with E-state index in [1.807, 2.05) is 41.0 Å². The first kappa shape index (κ1) is 33.0. The summed E-state index contributed by atoms with van der Waals surface area (Å²) in [6.07, 6.45) is 0.996. The zero-order chi connectivity index (χ0) is 33.6. The first-order valence-corrected chi connectivity index (χ1v) is 17.1. The van der Waals surface area contributed by atoms with Crippen molar-refractivity contribution in [3.63, 3.8) is 0 Å². The SMILES string of the molecule is COc1cc(C(=O)Nc2cc(C(=O)NCCSCc3ccccc3)ccc2N2C[C@H]3C[C@@H](C2)c2cccc(=O)n2C3)cc(OC)c1OC. The van der Waals surface area contributed by atoms with Gasteiger partial charge in [-0.05, 0) is 54.3 Å². The minimum absolute atomic E-state index is 0.0304. The maximum Gasteiger partial charge on any atom is 0.255 e. The summed E-state index contributed by atoms with van der Waals surface area (Å²) in [5, 5.41) is 6.10. The van der Waals surface area contributed by atoms with Crippen LogP contribution in [0, 0.1) is 5.92 Å². The summed E-state index contributed by atoms with van der Waals surface area (Å²) in [6.45, 7) is 2.56. The summed E-state index contributed by atoms with van der Waals surface area (Å²) in [5.74, 6) is 2.58. The number of hydrogen-bond donors (Lipinski definition) is 2. The van der Waals surface area contributed by atoms with Crippen molar-refractivity contribution in [3.05, 3.63) is 112 Å². The number of carbonyl (C=O) groups excluding carboxylic acids is 2. The summed E-state index contributed by atoms with van der Waals surface area (Å²) in [4.78, 5) is 42.0. The molecule has 10 nitrogen and oxygen atoms in total. The van der Waals surface area contributed by atoms with Gasteiger partial charge >= 0.3 is 0 Å². The van der Waals surface area contributed by atoms with Gasteiger partial charge in [-0.1, -0.05) is 36.4 Å². The second-order valence-corrected chi connectivity index (χ2v) is 13.1. The van der Waals surface area contributed by atoms with Crippen molar-refractivity contribution in [1.82, 2.24) is 9.88 Å². The van der Waals surface area contributed by atoms with Crippen molar-refractivity contribution < 1.29 is 23.8 Å². The molecular weight excluding hydrogens is 628 g/mol. The van der Waals surface area contributed by atoms with Crippen molar-refractivity contribution in [2.24, 2.45) is 5.92 Å². The molecule has 2 aliphatic heterocycles. The summed E-state index contributed by atoms with van der Waals surface area (Å²) >= 11 is 1.76. The number of carbonyl (C=O) groups is 2. The van der Waals surface area contributed by atoms with Crippen LogP contribution >= 0.6 is 11.8 Å². The fourth-order valence-corrected chi connectivity index (χ4v) is 7.47. The van der Waals surface area contributed by atoms with Crippen LogP contribution in [0.4, 0.5) is 11.4 Å². The molecule has 2 atom stereocenters. The van der Waals surface area contributed by atoms with E-state index < -0.39 is 0 Å². The minimum Gasteiger partial charge on any atom is -0.493 e. The Morgan fingerprint density at radius 2 is 1.60 bits per heavy atom. The molecule has 11 heteroatoms. The lowest BCUT2D eigenvalue weighted by Gasteiger charge is -2.44. The predicted octanol–water partition coefficient (Wildman–Crippen LogP) is 5.41. The van der Waals surface area contributed by atoms with Gasteiger partial charge in [-0.3, -0.25) is 14.4 Å². The largest absolute Gasteiger partial charge is 0.493 e. The van der Waals surface area contributed by atoms with Crippen LogP contribution in [-0.4, -0.2) is 63.1 Å². The molecule has 0 spiro atoms. The number of pyridine rings is 1. The Morgan fingerprint density at radius 1 is 0.833 bits per heavy atom. The molecule has 0 saturated carbocycles. The number of fused-ring (bicyclic) bond motifs is 4. The highest BCUT2D eigenvalue weighted by molar-refractivity contribution is 7.98. The standard InChI is InChI=1S/C37H40N4O6S/c1-45-32-18-27(19-33(46-2)35(32)47-3)37(44)39-29-17-26(36(43)38-14-15-48-23-24-8-5-4-6-9-24)12-13-31(29)40-20-25-16-28(22-40)30-10-7-11-34(42)41(30)21-25/h4-13,17-19,25,28H,14-16,20-23H2,1-3H3,(H,38,43)(H,39,44)/t25-,28+/m1/s1. The fourth-order valence-electron chi connectivity index (χ4n) is 6.66. The molecular formula is C37H40N4O6S. The van der Waals surface area contributed by atoms with Crippen LogP contribution in [0.25, 0.3) is 0 Å². The average Bonchev–Trinajstić information content (AvgIpc) is 3.11. The predicted molar refractivity (Wildman–Crippen MR) is 189 cm³/mol. The van der Waals surface area contributed by atoms with Crippen LogP contribution in [0.2, 0.25) is 0 Å². The van der Waals surface area contributed by atoms with Gasteiger partial charge in [-0.2, -0.15) is 11.8 Å². The number of aromatic nitrogens is 1. The number of methoxy groups -OCH3 is 3. The minimum atomic E-state index is -0.389. The Morgan fingerprint density at radius 3 is 2.33 bits per heavy atom. The molecule has 4 aromatic rings. The maximum absolute atomic E-state index is 13.8. The van der Waals surface area contributed by atoms with Gasteiger partial charge < -0.3 is 34.3 Å². The third kappa shape index (κ3) is 7.16. The molecule has 2 bridgehead atoms. The Kier molecular flexibility index (Phi) is 10.2. The van der Waals surface area contributed by atoms with Crippen LogP contribution in [-0.2, 0) is 12.3 Å². The van der Waals surface area contributed by atoms with Crippen LogP contribution < -0.4 is 35.3 Å². The molecule has 1 saturated heterocycles. The summed E-state index contributed by atoms with van der Waals surface area (Å²) < 4.78 is 18.3. The normalized spacial score (nSPS) is 16.4. The first-order valence-electron chi connectivity index (χ1n) is 16.0.